The summed E-state index contributed by atoms with van der Waals surface area (Å²) in [7, 11) is 1.37. The van der Waals surface area contributed by atoms with E-state index in [0.29, 0.717) is 17.4 Å². The SMILES string of the molecule is COC(=O)CCc1c(C)nc(-c2ccc(C)cc2)nc1Cl. The lowest BCUT2D eigenvalue weighted by atomic mass is 10.1. The molecule has 2 aromatic rings. The highest BCUT2D eigenvalue weighted by Crippen LogP contribution is 2.23. The molecule has 21 heavy (non-hydrogen) atoms. The van der Waals surface area contributed by atoms with Gasteiger partial charge in [-0.25, -0.2) is 9.97 Å². The second-order valence-electron chi connectivity index (χ2n) is 4.84. The lowest BCUT2D eigenvalue weighted by Crippen LogP contribution is -2.06. The molecule has 1 aromatic heterocycles. The van der Waals surface area contributed by atoms with Crippen molar-refractivity contribution in [3.8, 4) is 11.4 Å². The molecule has 0 N–H and O–H groups in total. The van der Waals surface area contributed by atoms with E-state index in [1.807, 2.05) is 38.1 Å². The lowest BCUT2D eigenvalue weighted by Gasteiger charge is -2.09. The molecule has 0 fully saturated rings. The number of ether oxygens (including phenoxy) is 1. The molecule has 0 unspecified atom stereocenters. The zero-order chi connectivity index (χ0) is 15.4. The molecule has 110 valence electrons. The molecule has 5 heteroatoms. The minimum absolute atomic E-state index is 0.268. The molecule has 0 aliphatic rings. The van der Waals surface area contributed by atoms with Gasteiger partial charge >= 0.3 is 5.97 Å². The fraction of sp³-hybridized carbons (Fsp3) is 0.312. The van der Waals surface area contributed by atoms with Crippen LogP contribution in [-0.2, 0) is 16.0 Å². The normalized spacial score (nSPS) is 10.5. The minimum atomic E-state index is -0.270. The van der Waals surface area contributed by atoms with Gasteiger partial charge in [0.1, 0.15) is 5.15 Å². The average molecular weight is 305 g/mol. The first kappa shape index (κ1) is 15.4. The van der Waals surface area contributed by atoms with E-state index in [0.717, 1.165) is 16.8 Å². The van der Waals surface area contributed by atoms with Crippen LogP contribution in [0.1, 0.15) is 23.2 Å². The fourth-order valence-electron chi connectivity index (χ4n) is 2.01. The third-order valence-corrected chi connectivity index (χ3v) is 3.59. The van der Waals surface area contributed by atoms with Crippen molar-refractivity contribution >= 4 is 17.6 Å². The quantitative estimate of drug-likeness (QED) is 0.640. The molecule has 0 aliphatic carbocycles. The average Bonchev–Trinajstić information content (AvgIpc) is 2.46. The van der Waals surface area contributed by atoms with Crippen molar-refractivity contribution in [3.63, 3.8) is 0 Å². The Balaban J connectivity index is 2.28. The Hall–Kier alpha value is -1.94. The largest absolute Gasteiger partial charge is 0.469 e. The van der Waals surface area contributed by atoms with E-state index in [9.17, 15) is 4.79 Å². The second-order valence-corrected chi connectivity index (χ2v) is 5.20. The summed E-state index contributed by atoms with van der Waals surface area (Å²) in [6, 6.07) is 7.95. The molecule has 0 spiro atoms. The number of esters is 1. The summed E-state index contributed by atoms with van der Waals surface area (Å²) in [5.41, 5.74) is 3.67. The van der Waals surface area contributed by atoms with Gasteiger partial charge in [0, 0.05) is 23.2 Å². The highest BCUT2D eigenvalue weighted by Gasteiger charge is 2.13. The minimum Gasteiger partial charge on any atom is -0.469 e. The van der Waals surface area contributed by atoms with Crippen LogP contribution >= 0.6 is 11.6 Å². The molecule has 0 saturated carbocycles. The number of carbonyl (C=O) groups is 1. The number of aryl methyl sites for hydroxylation is 2. The molecule has 1 heterocycles. The zero-order valence-electron chi connectivity index (χ0n) is 12.3. The first-order chi connectivity index (χ1) is 10.0. The number of aromatic nitrogens is 2. The first-order valence-corrected chi connectivity index (χ1v) is 7.06. The Morgan fingerprint density at radius 1 is 1.19 bits per heavy atom. The summed E-state index contributed by atoms with van der Waals surface area (Å²) >= 11 is 6.24. The van der Waals surface area contributed by atoms with Crippen LogP contribution in [0.15, 0.2) is 24.3 Å². The first-order valence-electron chi connectivity index (χ1n) is 6.68. The van der Waals surface area contributed by atoms with E-state index in [4.69, 9.17) is 11.6 Å². The summed E-state index contributed by atoms with van der Waals surface area (Å²) in [6.07, 6.45) is 0.746. The summed E-state index contributed by atoms with van der Waals surface area (Å²) in [5, 5.41) is 0.391. The van der Waals surface area contributed by atoms with Gasteiger partial charge in [-0.1, -0.05) is 41.4 Å². The summed E-state index contributed by atoms with van der Waals surface area (Å²) < 4.78 is 4.63. The fourth-order valence-corrected chi connectivity index (χ4v) is 2.32. The van der Waals surface area contributed by atoms with Crippen LogP contribution in [-0.4, -0.2) is 23.0 Å². The molecule has 0 saturated heterocycles. The molecule has 0 amide bonds. The number of methoxy groups -OCH3 is 1. The Morgan fingerprint density at radius 3 is 2.43 bits per heavy atom. The van der Waals surface area contributed by atoms with Crippen molar-refractivity contribution in [2.45, 2.75) is 26.7 Å². The molecule has 0 atom stereocenters. The second kappa shape index (κ2) is 6.68. The van der Waals surface area contributed by atoms with Crippen molar-refractivity contribution in [2.75, 3.05) is 7.11 Å². The molecule has 1 aromatic carbocycles. The molecule has 2 rings (SSSR count). The zero-order valence-corrected chi connectivity index (χ0v) is 13.1. The molecule has 0 radical (unpaired) electrons. The lowest BCUT2D eigenvalue weighted by molar-refractivity contribution is -0.140. The Labute approximate surface area is 129 Å². The predicted octanol–water partition coefficient (Wildman–Crippen LogP) is 3.52. The summed E-state index contributed by atoms with van der Waals surface area (Å²) in [6.45, 7) is 3.90. The highest BCUT2D eigenvalue weighted by molar-refractivity contribution is 6.30. The molecule has 0 bridgehead atoms. The monoisotopic (exact) mass is 304 g/mol. The van der Waals surface area contributed by atoms with E-state index in [1.165, 1.54) is 12.7 Å². The maximum absolute atomic E-state index is 11.2. The number of halogens is 1. The number of carbonyl (C=O) groups excluding carboxylic acids is 1. The topological polar surface area (TPSA) is 52.1 Å². The Bertz CT molecular complexity index is 631. The van der Waals surface area contributed by atoms with Gasteiger partial charge in [-0.3, -0.25) is 4.79 Å². The van der Waals surface area contributed by atoms with Crippen LogP contribution < -0.4 is 0 Å². The van der Waals surface area contributed by atoms with Gasteiger partial charge in [-0.15, -0.1) is 0 Å². The van der Waals surface area contributed by atoms with Crippen LogP contribution in [0, 0.1) is 13.8 Å². The number of hydrogen-bond acceptors (Lipinski definition) is 4. The van der Waals surface area contributed by atoms with Crippen molar-refractivity contribution in [3.05, 3.63) is 46.2 Å². The Morgan fingerprint density at radius 2 is 1.86 bits per heavy atom. The molecular weight excluding hydrogens is 288 g/mol. The van der Waals surface area contributed by atoms with Gasteiger partial charge in [0.15, 0.2) is 5.82 Å². The van der Waals surface area contributed by atoms with Gasteiger partial charge in [0.2, 0.25) is 0 Å². The number of hydrogen-bond donors (Lipinski definition) is 0. The predicted molar refractivity (Wildman–Crippen MR) is 82.3 cm³/mol. The van der Waals surface area contributed by atoms with Gasteiger partial charge in [0.05, 0.1) is 7.11 Å². The van der Waals surface area contributed by atoms with Crippen molar-refractivity contribution in [1.29, 1.82) is 0 Å². The van der Waals surface area contributed by atoms with Crippen molar-refractivity contribution < 1.29 is 9.53 Å². The molecular formula is C16H17ClN2O2. The standard InChI is InChI=1S/C16H17ClN2O2/c1-10-4-6-12(7-5-10)16-18-11(2)13(15(17)19-16)8-9-14(20)21-3/h4-7H,8-9H2,1-3H3. The Kier molecular flexibility index (Phi) is 4.91. The van der Waals surface area contributed by atoms with Crippen LogP contribution in [0.5, 0.6) is 0 Å². The van der Waals surface area contributed by atoms with E-state index in [1.54, 1.807) is 0 Å². The van der Waals surface area contributed by atoms with E-state index in [-0.39, 0.29) is 12.4 Å². The molecule has 4 nitrogen and oxygen atoms in total. The van der Waals surface area contributed by atoms with Crippen LogP contribution in [0.2, 0.25) is 5.15 Å². The summed E-state index contributed by atoms with van der Waals surface area (Å²) in [4.78, 5) is 20.1. The van der Waals surface area contributed by atoms with Gasteiger partial charge < -0.3 is 4.74 Å². The number of nitrogens with zero attached hydrogens (tertiary/aromatic N) is 2. The van der Waals surface area contributed by atoms with Crippen LogP contribution in [0.3, 0.4) is 0 Å². The number of benzene rings is 1. The molecule has 0 aliphatic heterocycles. The van der Waals surface area contributed by atoms with E-state index in [2.05, 4.69) is 14.7 Å². The van der Waals surface area contributed by atoms with Gasteiger partial charge in [-0.05, 0) is 20.3 Å². The van der Waals surface area contributed by atoms with E-state index >= 15 is 0 Å². The van der Waals surface area contributed by atoms with Crippen molar-refractivity contribution in [1.82, 2.24) is 9.97 Å². The third kappa shape index (κ3) is 3.79. The van der Waals surface area contributed by atoms with Gasteiger partial charge in [-0.2, -0.15) is 0 Å². The maximum atomic E-state index is 11.2. The maximum Gasteiger partial charge on any atom is 0.305 e. The smallest absolute Gasteiger partial charge is 0.305 e. The van der Waals surface area contributed by atoms with Crippen molar-refractivity contribution in [2.24, 2.45) is 0 Å². The highest BCUT2D eigenvalue weighted by atomic mass is 35.5. The van der Waals surface area contributed by atoms with Crippen LogP contribution in [0.25, 0.3) is 11.4 Å². The number of rotatable bonds is 4. The van der Waals surface area contributed by atoms with Gasteiger partial charge in [0.25, 0.3) is 0 Å². The van der Waals surface area contributed by atoms with E-state index < -0.39 is 0 Å². The third-order valence-electron chi connectivity index (χ3n) is 3.28. The summed E-state index contributed by atoms with van der Waals surface area (Å²) in [5.74, 6) is 0.326. The van der Waals surface area contributed by atoms with Crippen LogP contribution in [0.4, 0.5) is 0 Å².